The molecular formula is C17H20N2O4S2. The number of anilines is 1. The second kappa shape index (κ2) is 7.05. The summed E-state index contributed by atoms with van der Waals surface area (Å²) in [5.41, 5.74) is 1.01. The topological polar surface area (TPSA) is 75.7 Å². The first kappa shape index (κ1) is 17.8. The fraction of sp³-hybridized carbons (Fsp3) is 0.353. The lowest BCUT2D eigenvalue weighted by atomic mass is 10.2. The summed E-state index contributed by atoms with van der Waals surface area (Å²) >= 11 is 1.15. The van der Waals surface area contributed by atoms with Crippen LogP contribution < -0.4 is 15.0 Å². The Morgan fingerprint density at radius 1 is 1.36 bits per heavy atom. The van der Waals surface area contributed by atoms with Gasteiger partial charge in [0.25, 0.3) is 5.91 Å². The first-order chi connectivity index (χ1) is 11.9. The molecule has 1 unspecified atom stereocenters. The number of nitrogens with one attached hydrogen (secondary N) is 1. The van der Waals surface area contributed by atoms with Crippen molar-refractivity contribution in [3.63, 3.8) is 0 Å². The van der Waals surface area contributed by atoms with Crippen molar-refractivity contribution in [2.75, 3.05) is 31.4 Å². The molecule has 1 N–H and O–H groups in total. The highest BCUT2D eigenvalue weighted by molar-refractivity contribution is 7.90. The van der Waals surface area contributed by atoms with Crippen molar-refractivity contribution in [1.82, 2.24) is 5.32 Å². The number of ether oxygens (including phenoxy) is 1. The van der Waals surface area contributed by atoms with E-state index in [0.29, 0.717) is 11.4 Å². The van der Waals surface area contributed by atoms with Gasteiger partial charge in [0.1, 0.15) is 5.75 Å². The van der Waals surface area contributed by atoms with E-state index in [0.717, 1.165) is 42.0 Å². The highest BCUT2D eigenvalue weighted by atomic mass is 32.2. The van der Waals surface area contributed by atoms with Crippen LogP contribution in [0.5, 0.6) is 5.75 Å². The van der Waals surface area contributed by atoms with Gasteiger partial charge in [-0.1, -0.05) is 12.1 Å². The lowest BCUT2D eigenvalue weighted by Gasteiger charge is -2.21. The van der Waals surface area contributed by atoms with Gasteiger partial charge >= 0.3 is 0 Å². The van der Waals surface area contributed by atoms with Crippen LogP contribution in [0, 0.1) is 0 Å². The summed E-state index contributed by atoms with van der Waals surface area (Å²) in [7, 11) is -1.64. The molecule has 1 aromatic carbocycles. The summed E-state index contributed by atoms with van der Waals surface area (Å²) in [6.07, 6.45) is 1.97. The predicted octanol–water partition coefficient (Wildman–Crippen LogP) is 2.17. The molecule has 1 aliphatic rings. The first-order valence-electron chi connectivity index (χ1n) is 7.86. The fourth-order valence-electron chi connectivity index (χ4n) is 2.88. The molecule has 2 heterocycles. The number of carbonyl (C=O) groups is 1. The minimum absolute atomic E-state index is 0.0150. The van der Waals surface area contributed by atoms with E-state index in [-0.39, 0.29) is 16.8 Å². The van der Waals surface area contributed by atoms with Gasteiger partial charge in [0, 0.05) is 30.8 Å². The Labute approximate surface area is 151 Å². The quantitative estimate of drug-likeness (QED) is 0.860. The van der Waals surface area contributed by atoms with Crippen LogP contribution in [-0.2, 0) is 9.84 Å². The molecule has 1 amide bonds. The van der Waals surface area contributed by atoms with Gasteiger partial charge in [-0.05, 0) is 24.6 Å². The standard InChI is InChI=1S/C17H20N2O4S2/c1-23-15-6-4-3-5-14(15)19-8-7-12(10-19)18-17(20)16-9-13(11-24-16)25(2,21)22/h3-6,9,11-12H,7-8,10H2,1-2H3,(H,18,20). The van der Waals surface area contributed by atoms with Crippen LogP contribution in [0.2, 0.25) is 0 Å². The molecule has 3 rings (SSSR count). The molecule has 1 aromatic heterocycles. The number of hydrogen-bond acceptors (Lipinski definition) is 6. The molecule has 1 saturated heterocycles. The molecular weight excluding hydrogens is 360 g/mol. The minimum Gasteiger partial charge on any atom is -0.495 e. The Morgan fingerprint density at radius 2 is 2.12 bits per heavy atom. The average Bonchev–Trinajstić information content (AvgIpc) is 3.23. The van der Waals surface area contributed by atoms with Gasteiger partial charge in [0.2, 0.25) is 0 Å². The molecule has 6 nitrogen and oxygen atoms in total. The van der Waals surface area contributed by atoms with Gasteiger partial charge in [-0.3, -0.25) is 4.79 Å². The van der Waals surface area contributed by atoms with Gasteiger partial charge in [-0.25, -0.2) is 8.42 Å². The van der Waals surface area contributed by atoms with Gasteiger partial charge in [0.05, 0.1) is 22.6 Å². The maximum absolute atomic E-state index is 12.4. The zero-order valence-electron chi connectivity index (χ0n) is 14.1. The third-order valence-electron chi connectivity index (χ3n) is 4.18. The van der Waals surface area contributed by atoms with Crippen LogP contribution in [0.3, 0.4) is 0 Å². The lowest BCUT2D eigenvalue weighted by molar-refractivity contribution is 0.0944. The summed E-state index contributed by atoms with van der Waals surface area (Å²) in [4.78, 5) is 15.1. The number of rotatable bonds is 5. The zero-order valence-corrected chi connectivity index (χ0v) is 15.7. The molecule has 0 radical (unpaired) electrons. The summed E-state index contributed by atoms with van der Waals surface area (Å²) in [6, 6.07) is 9.25. The van der Waals surface area contributed by atoms with E-state index in [2.05, 4.69) is 10.2 Å². The second-order valence-electron chi connectivity index (χ2n) is 6.00. The van der Waals surface area contributed by atoms with Crippen molar-refractivity contribution in [2.24, 2.45) is 0 Å². The van der Waals surface area contributed by atoms with Crippen LogP contribution in [-0.4, -0.2) is 46.8 Å². The number of carbonyl (C=O) groups excluding carboxylic acids is 1. The second-order valence-corrected chi connectivity index (χ2v) is 8.92. The number of amides is 1. The van der Waals surface area contributed by atoms with E-state index in [4.69, 9.17) is 4.74 Å². The van der Waals surface area contributed by atoms with Crippen molar-refractivity contribution < 1.29 is 17.9 Å². The molecule has 8 heteroatoms. The Morgan fingerprint density at radius 3 is 2.80 bits per heavy atom. The monoisotopic (exact) mass is 380 g/mol. The van der Waals surface area contributed by atoms with Crippen LogP contribution >= 0.6 is 11.3 Å². The fourth-order valence-corrected chi connectivity index (χ4v) is 4.80. The lowest BCUT2D eigenvalue weighted by Crippen LogP contribution is -2.36. The van der Waals surface area contributed by atoms with Crippen LogP contribution in [0.15, 0.2) is 40.6 Å². The molecule has 0 spiro atoms. The number of methoxy groups -OCH3 is 1. The largest absolute Gasteiger partial charge is 0.495 e. The smallest absolute Gasteiger partial charge is 0.261 e. The maximum Gasteiger partial charge on any atom is 0.261 e. The number of para-hydroxylation sites is 2. The normalized spacial score (nSPS) is 17.5. The SMILES string of the molecule is COc1ccccc1N1CCC(NC(=O)c2cc(S(C)(=O)=O)cs2)C1. The predicted molar refractivity (Wildman–Crippen MR) is 98.5 cm³/mol. The first-order valence-corrected chi connectivity index (χ1v) is 10.6. The molecule has 0 aliphatic carbocycles. The number of nitrogens with zero attached hydrogens (tertiary/aromatic N) is 1. The van der Waals surface area contributed by atoms with Gasteiger partial charge in [-0.2, -0.15) is 0 Å². The average molecular weight is 380 g/mol. The van der Waals surface area contributed by atoms with E-state index in [1.807, 2.05) is 24.3 Å². The highest BCUT2D eigenvalue weighted by Crippen LogP contribution is 2.30. The molecule has 1 aliphatic heterocycles. The molecule has 0 bridgehead atoms. The Hall–Kier alpha value is -2.06. The molecule has 134 valence electrons. The zero-order chi connectivity index (χ0) is 18.0. The summed E-state index contributed by atoms with van der Waals surface area (Å²) in [5.74, 6) is 0.581. The van der Waals surface area contributed by atoms with Crippen molar-refractivity contribution in [3.8, 4) is 5.75 Å². The number of sulfone groups is 1. The van der Waals surface area contributed by atoms with Crippen molar-refractivity contribution in [1.29, 1.82) is 0 Å². The third kappa shape index (κ3) is 3.96. The Balaban J connectivity index is 1.65. The van der Waals surface area contributed by atoms with Crippen molar-refractivity contribution >= 4 is 32.8 Å². The molecule has 1 fully saturated rings. The molecule has 2 aromatic rings. The summed E-state index contributed by atoms with van der Waals surface area (Å²) < 4.78 is 28.5. The van der Waals surface area contributed by atoms with Crippen molar-refractivity contribution in [3.05, 3.63) is 40.6 Å². The molecule has 0 saturated carbocycles. The Kier molecular flexibility index (Phi) is 5.01. The van der Waals surface area contributed by atoms with E-state index < -0.39 is 9.84 Å². The Bertz CT molecular complexity index is 876. The van der Waals surface area contributed by atoms with Gasteiger partial charge < -0.3 is 15.0 Å². The number of thiophene rings is 1. The van der Waals surface area contributed by atoms with Crippen LogP contribution in [0.1, 0.15) is 16.1 Å². The molecule has 1 atom stereocenters. The van der Waals surface area contributed by atoms with E-state index in [9.17, 15) is 13.2 Å². The molecule has 25 heavy (non-hydrogen) atoms. The minimum atomic E-state index is -3.29. The maximum atomic E-state index is 12.4. The van der Waals surface area contributed by atoms with E-state index in [1.54, 1.807) is 7.11 Å². The third-order valence-corrected chi connectivity index (χ3v) is 6.35. The van der Waals surface area contributed by atoms with Crippen LogP contribution in [0.4, 0.5) is 5.69 Å². The van der Waals surface area contributed by atoms with Crippen LogP contribution in [0.25, 0.3) is 0 Å². The van der Waals surface area contributed by atoms with E-state index in [1.165, 1.54) is 11.4 Å². The van der Waals surface area contributed by atoms with E-state index >= 15 is 0 Å². The van der Waals surface area contributed by atoms with Crippen molar-refractivity contribution in [2.45, 2.75) is 17.4 Å². The summed E-state index contributed by atoms with van der Waals surface area (Å²) in [6.45, 7) is 1.51. The van der Waals surface area contributed by atoms with Gasteiger partial charge in [-0.15, -0.1) is 11.3 Å². The van der Waals surface area contributed by atoms with Gasteiger partial charge in [0.15, 0.2) is 9.84 Å². The highest BCUT2D eigenvalue weighted by Gasteiger charge is 2.26. The number of hydrogen-bond donors (Lipinski definition) is 1. The summed E-state index contributed by atoms with van der Waals surface area (Å²) in [5, 5.41) is 4.49. The number of benzene rings is 1.